The standard InChI is InChI=1S/C17H20IN/c1-3-12(2)13-7-9-14(10-8-13)17(19)15-5-4-6-16(18)11-15/h4-12,17H,3,19H2,1-2H3. The van der Waals surface area contributed by atoms with Crippen LogP contribution in [0.4, 0.5) is 0 Å². The summed E-state index contributed by atoms with van der Waals surface area (Å²) in [6, 6.07) is 17.1. The van der Waals surface area contributed by atoms with Crippen LogP contribution in [-0.4, -0.2) is 0 Å². The molecule has 2 aromatic rings. The fourth-order valence-electron chi connectivity index (χ4n) is 2.16. The first kappa shape index (κ1) is 14.5. The van der Waals surface area contributed by atoms with Crippen LogP contribution in [-0.2, 0) is 0 Å². The summed E-state index contributed by atoms with van der Waals surface area (Å²) in [5, 5.41) is 0. The number of halogens is 1. The SMILES string of the molecule is CCC(C)c1ccc(C(N)c2cccc(I)c2)cc1. The number of benzene rings is 2. The Morgan fingerprint density at radius 1 is 1.00 bits per heavy atom. The van der Waals surface area contributed by atoms with Gasteiger partial charge in [0.25, 0.3) is 0 Å². The normalized spacial score (nSPS) is 14.1. The number of hydrogen-bond acceptors (Lipinski definition) is 1. The van der Waals surface area contributed by atoms with E-state index in [-0.39, 0.29) is 6.04 Å². The summed E-state index contributed by atoms with van der Waals surface area (Å²) in [6.45, 7) is 4.48. The minimum atomic E-state index is -0.0410. The maximum absolute atomic E-state index is 6.34. The number of nitrogens with two attached hydrogens (primary N) is 1. The Hall–Kier alpha value is -0.870. The summed E-state index contributed by atoms with van der Waals surface area (Å²) >= 11 is 2.32. The molecule has 2 rings (SSSR count). The van der Waals surface area contributed by atoms with Crippen LogP contribution in [0.15, 0.2) is 48.5 Å². The van der Waals surface area contributed by atoms with E-state index in [1.807, 2.05) is 0 Å². The molecule has 19 heavy (non-hydrogen) atoms. The molecule has 0 fully saturated rings. The molecule has 2 N–H and O–H groups in total. The van der Waals surface area contributed by atoms with Crippen molar-refractivity contribution in [2.75, 3.05) is 0 Å². The van der Waals surface area contributed by atoms with Gasteiger partial charge in [0.1, 0.15) is 0 Å². The van der Waals surface area contributed by atoms with Gasteiger partial charge in [-0.2, -0.15) is 0 Å². The quantitative estimate of drug-likeness (QED) is 0.770. The Morgan fingerprint density at radius 2 is 1.63 bits per heavy atom. The molecule has 0 saturated heterocycles. The van der Waals surface area contributed by atoms with Gasteiger partial charge in [-0.25, -0.2) is 0 Å². The smallest absolute Gasteiger partial charge is 0.0552 e. The second-order valence-electron chi connectivity index (χ2n) is 5.01. The Morgan fingerprint density at radius 3 is 2.21 bits per heavy atom. The van der Waals surface area contributed by atoms with Crippen molar-refractivity contribution in [3.05, 3.63) is 68.8 Å². The number of hydrogen-bond donors (Lipinski definition) is 1. The zero-order valence-corrected chi connectivity index (χ0v) is 13.6. The van der Waals surface area contributed by atoms with E-state index in [9.17, 15) is 0 Å². The average Bonchev–Trinajstić information content (AvgIpc) is 2.46. The molecule has 0 heterocycles. The summed E-state index contributed by atoms with van der Waals surface area (Å²) in [5.41, 5.74) is 10.1. The lowest BCUT2D eigenvalue weighted by atomic mass is 9.94. The minimum absolute atomic E-state index is 0.0410. The zero-order chi connectivity index (χ0) is 13.8. The highest BCUT2D eigenvalue weighted by Crippen LogP contribution is 2.24. The van der Waals surface area contributed by atoms with E-state index in [1.54, 1.807) is 0 Å². The molecule has 0 radical (unpaired) electrons. The van der Waals surface area contributed by atoms with Gasteiger partial charge in [-0.1, -0.05) is 50.2 Å². The molecule has 0 saturated carbocycles. The van der Waals surface area contributed by atoms with Crippen LogP contribution < -0.4 is 5.73 Å². The molecule has 2 unspecified atom stereocenters. The van der Waals surface area contributed by atoms with Crippen molar-refractivity contribution in [3.8, 4) is 0 Å². The third-order valence-corrected chi connectivity index (χ3v) is 4.36. The highest BCUT2D eigenvalue weighted by Gasteiger charge is 2.10. The van der Waals surface area contributed by atoms with Gasteiger partial charge in [-0.15, -0.1) is 0 Å². The van der Waals surface area contributed by atoms with Gasteiger partial charge >= 0.3 is 0 Å². The van der Waals surface area contributed by atoms with Crippen molar-refractivity contribution in [1.82, 2.24) is 0 Å². The first-order valence-electron chi connectivity index (χ1n) is 6.72. The molecule has 0 aromatic heterocycles. The highest BCUT2D eigenvalue weighted by molar-refractivity contribution is 14.1. The molecule has 2 atom stereocenters. The van der Waals surface area contributed by atoms with Crippen LogP contribution in [0.2, 0.25) is 0 Å². The lowest BCUT2D eigenvalue weighted by Gasteiger charge is -2.15. The summed E-state index contributed by atoms with van der Waals surface area (Å²) in [5.74, 6) is 0.614. The van der Waals surface area contributed by atoms with Crippen LogP contribution >= 0.6 is 22.6 Å². The molecule has 100 valence electrons. The van der Waals surface area contributed by atoms with E-state index in [2.05, 4.69) is 85.0 Å². The predicted molar refractivity (Wildman–Crippen MR) is 90.3 cm³/mol. The minimum Gasteiger partial charge on any atom is -0.320 e. The average molecular weight is 365 g/mol. The van der Waals surface area contributed by atoms with Gasteiger partial charge in [0, 0.05) is 3.57 Å². The third kappa shape index (κ3) is 3.57. The summed E-state index contributed by atoms with van der Waals surface area (Å²) in [6.07, 6.45) is 1.17. The molecule has 1 nitrogen and oxygen atoms in total. The van der Waals surface area contributed by atoms with E-state index in [0.29, 0.717) is 5.92 Å². The first-order chi connectivity index (χ1) is 9.11. The molecule has 0 amide bonds. The van der Waals surface area contributed by atoms with Crippen molar-refractivity contribution in [3.63, 3.8) is 0 Å². The predicted octanol–water partition coefficient (Wildman–Crippen LogP) is 4.85. The molecule has 0 aliphatic heterocycles. The molecular weight excluding hydrogens is 345 g/mol. The Balaban J connectivity index is 2.22. The second-order valence-corrected chi connectivity index (χ2v) is 6.25. The summed E-state index contributed by atoms with van der Waals surface area (Å²) in [7, 11) is 0. The third-order valence-electron chi connectivity index (χ3n) is 3.68. The fourth-order valence-corrected chi connectivity index (χ4v) is 2.73. The molecule has 2 heteroatoms. The highest BCUT2D eigenvalue weighted by atomic mass is 127. The molecule has 0 aliphatic carbocycles. The second kappa shape index (κ2) is 6.53. The fraction of sp³-hybridized carbons (Fsp3) is 0.294. The van der Waals surface area contributed by atoms with Crippen LogP contribution in [0.25, 0.3) is 0 Å². The van der Waals surface area contributed by atoms with Gasteiger partial charge in [0.15, 0.2) is 0 Å². The maximum Gasteiger partial charge on any atom is 0.0552 e. The summed E-state index contributed by atoms with van der Waals surface area (Å²) in [4.78, 5) is 0. The van der Waals surface area contributed by atoms with Crippen molar-refractivity contribution < 1.29 is 0 Å². The Labute approximate surface area is 129 Å². The lowest BCUT2D eigenvalue weighted by molar-refractivity contribution is 0.732. The summed E-state index contributed by atoms with van der Waals surface area (Å²) < 4.78 is 1.22. The van der Waals surface area contributed by atoms with Crippen LogP contribution in [0, 0.1) is 3.57 Å². The molecule has 0 bridgehead atoms. The molecule has 0 aliphatic rings. The Bertz CT molecular complexity index is 533. The maximum atomic E-state index is 6.34. The Kier molecular flexibility index (Phi) is 4.99. The van der Waals surface area contributed by atoms with E-state index >= 15 is 0 Å². The van der Waals surface area contributed by atoms with Gasteiger partial charge in [-0.3, -0.25) is 0 Å². The van der Waals surface area contributed by atoms with Crippen LogP contribution in [0.1, 0.15) is 48.9 Å². The van der Waals surface area contributed by atoms with E-state index in [0.717, 1.165) is 0 Å². The van der Waals surface area contributed by atoms with E-state index in [1.165, 1.54) is 26.7 Å². The largest absolute Gasteiger partial charge is 0.320 e. The van der Waals surface area contributed by atoms with Gasteiger partial charge in [0.2, 0.25) is 0 Å². The van der Waals surface area contributed by atoms with Crippen LogP contribution in [0.5, 0.6) is 0 Å². The number of rotatable bonds is 4. The van der Waals surface area contributed by atoms with E-state index in [4.69, 9.17) is 5.73 Å². The monoisotopic (exact) mass is 365 g/mol. The topological polar surface area (TPSA) is 26.0 Å². The van der Waals surface area contributed by atoms with Gasteiger partial charge in [-0.05, 0) is 63.8 Å². The van der Waals surface area contributed by atoms with Gasteiger partial charge in [0.05, 0.1) is 6.04 Å². The molecule has 2 aromatic carbocycles. The van der Waals surface area contributed by atoms with Crippen molar-refractivity contribution >= 4 is 22.6 Å². The van der Waals surface area contributed by atoms with Crippen molar-refractivity contribution in [1.29, 1.82) is 0 Å². The first-order valence-corrected chi connectivity index (χ1v) is 7.80. The van der Waals surface area contributed by atoms with Crippen molar-refractivity contribution in [2.24, 2.45) is 5.73 Å². The van der Waals surface area contributed by atoms with E-state index < -0.39 is 0 Å². The molecule has 0 spiro atoms. The van der Waals surface area contributed by atoms with Crippen LogP contribution in [0.3, 0.4) is 0 Å². The van der Waals surface area contributed by atoms with Crippen molar-refractivity contribution in [2.45, 2.75) is 32.2 Å². The lowest BCUT2D eigenvalue weighted by Crippen LogP contribution is -2.12. The van der Waals surface area contributed by atoms with Gasteiger partial charge < -0.3 is 5.73 Å². The zero-order valence-electron chi connectivity index (χ0n) is 11.4. The molecular formula is C17H20IN.